The Morgan fingerprint density at radius 2 is 1.89 bits per heavy atom. The van der Waals surface area contributed by atoms with Crippen molar-refractivity contribution in [3.05, 3.63) is 34.9 Å². The Morgan fingerprint density at radius 3 is 2.39 bits per heavy atom. The van der Waals surface area contributed by atoms with Crippen LogP contribution < -0.4 is 5.73 Å². The normalized spacial score (nSPS) is 14.3. The molecule has 5 N–H and O–H groups in total. The van der Waals surface area contributed by atoms with E-state index in [1.807, 2.05) is 0 Å². The molecule has 0 spiro atoms. The van der Waals surface area contributed by atoms with E-state index in [2.05, 4.69) is 0 Å². The fourth-order valence-corrected chi connectivity index (χ4v) is 1.49. The molecule has 5 nitrogen and oxygen atoms in total. The predicted molar refractivity (Wildman–Crippen MR) is 58.0 cm³/mol. The van der Waals surface area contributed by atoms with Crippen molar-refractivity contribution in [1.29, 1.82) is 0 Å². The van der Waals surface area contributed by atoms with Crippen LogP contribution in [-0.2, 0) is 0 Å². The lowest BCUT2D eigenvalue weighted by Gasteiger charge is -2.18. The maximum Gasteiger partial charge on any atom is 0.338 e. The second-order valence-corrected chi connectivity index (χ2v) is 3.75. The van der Waals surface area contributed by atoms with E-state index in [1.54, 1.807) is 0 Å². The zero-order chi connectivity index (χ0) is 13.9. The van der Waals surface area contributed by atoms with Crippen molar-refractivity contribution in [2.24, 2.45) is 5.73 Å². The van der Waals surface area contributed by atoms with Crippen LogP contribution in [0.5, 0.6) is 0 Å². The first-order chi connectivity index (χ1) is 8.38. The van der Waals surface area contributed by atoms with Gasteiger partial charge in [0.05, 0.1) is 11.7 Å². The van der Waals surface area contributed by atoms with Crippen molar-refractivity contribution in [3.8, 4) is 0 Å². The summed E-state index contributed by atoms with van der Waals surface area (Å²) in [6, 6.07) is 1.02. The molecule has 7 heteroatoms. The van der Waals surface area contributed by atoms with Crippen LogP contribution in [0.2, 0.25) is 0 Å². The molecule has 1 aromatic rings. The number of carboxylic acid groups (broad SMARTS) is 1. The van der Waals surface area contributed by atoms with E-state index in [9.17, 15) is 23.8 Å². The van der Waals surface area contributed by atoms with Gasteiger partial charge in [0.2, 0.25) is 0 Å². The first-order valence-electron chi connectivity index (χ1n) is 5.17. The van der Waals surface area contributed by atoms with Gasteiger partial charge in [-0.25, -0.2) is 13.6 Å². The minimum Gasteiger partial charge on any atom is -0.478 e. The molecule has 0 radical (unpaired) electrons. The van der Waals surface area contributed by atoms with Gasteiger partial charge in [0.15, 0.2) is 0 Å². The van der Waals surface area contributed by atoms with Crippen LogP contribution in [-0.4, -0.2) is 33.9 Å². The number of rotatable bonds is 5. The molecule has 0 amide bonds. The predicted octanol–water partition coefficient (Wildman–Crippen LogP) is 0.406. The highest BCUT2D eigenvalue weighted by Crippen LogP contribution is 2.24. The van der Waals surface area contributed by atoms with Crippen LogP contribution in [0.4, 0.5) is 8.78 Å². The summed E-state index contributed by atoms with van der Waals surface area (Å²) in [5, 5.41) is 27.6. The fourth-order valence-electron chi connectivity index (χ4n) is 1.49. The molecule has 0 fully saturated rings. The average Bonchev–Trinajstić information content (AvgIpc) is 2.30. The van der Waals surface area contributed by atoms with Crippen molar-refractivity contribution >= 4 is 5.97 Å². The van der Waals surface area contributed by atoms with Crippen molar-refractivity contribution in [1.82, 2.24) is 0 Å². The van der Waals surface area contributed by atoms with Gasteiger partial charge in [0.25, 0.3) is 0 Å². The monoisotopic (exact) mass is 261 g/mol. The number of carboxylic acids is 1. The second kappa shape index (κ2) is 5.85. The van der Waals surface area contributed by atoms with Gasteiger partial charge in [0.1, 0.15) is 17.7 Å². The molecule has 2 unspecified atom stereocenters. The Bertz CT molecular complexity index is 453. The van der Waals surface area contributed by atoms with Gasteiger partial charge in [-0.15, -0.1) is 0 Å². The molecular weight excluding hydrogens is 248 g/mol. The highest BCUT2D eigenvalue weighted by Gasteiger charge is 2.24. The SMILES string of the molecule is NCCC(O)C(O)c1cc(F)c(C(=O)O)cc1F. The summed E-state index contributed by atoms with van der Waals surface area (Å²) in [7, 11) is 0. The number of carbonyl (C=O) groups is 1. The molecule has 1 rings (SSSR count). The van der Waals surface area contributed by atoms with Crippen molar-refractivity contribution in [3.63, 3.8) is 0 Å². The topological polar surface area (TPSA) is 104 Å². The number of nitrogens with two attached hydrogens (primary N) is 1. The number of aliphatic hydroxyl groups is 2. The molecule has 1 aromatic carbocycles. The highest BCUT2D eigenvalue weighted by atomic mass is 19.1. The van der Waals surface area contributed by atoms with E-state index >= 15 is 0 Å². The maximum atomic E-state index is 13.5. The van der Waals surface area contributed by atoms with Crippen LogP contribution in [0, 0.1) is 11.6 Å². The van der Waals surface area contributed by atoms with Crippen molar-refractivity contribution < 1.29 is 28.9 Å². The minimum atomic E-state index is -1.66. The number of benzene rings is 1. The first kappa shape index (κ1) is 14.5. The number of hydrogen-bond acceptors (Lipinski definition) is 4. The Kier molecular flexibility index (Phi) is 4.71. The summed E-state index contributed by atoms with van der Waals surface area (Å²) in [4.78, 5) is 10.6. The Morgan fingerprint density at radius 1 is 1.28 bits per heavy atom. The van der Waals surface area contributed by atoms with E-state index in [0.717, 1.165) is 0 Å². The second-order valence-electron chi connectivity index (χ2n) is 3.75. The molecule has 0 aliphatic heterocycles. The van der Waals surface area contributed by atoms with Crippen LogP contribution >= 0.6 is 0 Å². The molecule has 2 atom stereocenters. The van der Waals surface area contributed by atoms with Gasteiger partial charge in [0, 0.05) is 5.56 Å². The van der Waals surface area contributed by atoms with Gasteiger partial charge >= 0.3 is 5.97 Å². The molecule has 0 bridgehead atoms. The summed E-state index contributed by atoms with van der Waals surface area (Å²) in [6.45, 7) is 0.0650. The van der Waals surface area contributed by atoms with E-state index in [1.165, 1.54) is 0 Å². The van der Waals surface area contributed by atoms with Gasteiger partial charge in [-0.3, -0.25) is 0 Å². The summed E-state index contributed by atoms with van der Waals surface area (Å²) >= 11 is 0. The Hall–Kier alpha value is -1.57. The molecule has 0 aliphatic rings. The van der Waals surface area contributed by atoms with Crippen LogP contribution in [0.25, 0.3) is 0 Å². The average molecular weight is 261 g/mol. The molecule has 0 aromatic heterocycles. The molecule has 18 heavy (non-hydrogen) atoms. The van der Waals surface area contributed by atoms with Gasteiger partial charge in [-0.2, -0.15) is 0 Å². The summed E-state index contributed by atoms with van der Waals surface area (Å²) in [6.07, 6.45) is -3.01. The lowest BCUT2D eigenvalue weighted by molar-refractivity contribution is 0.0127. The maximum absolute atomic E-state index is 13.5. The fraction of sp³-hybridized carbons (Fsp3) is 0.364. The number of aliphatic hydroxyl groups excluding tert-OH is 2. The highest BCUT2D eigenvalue weighted by molar-refractivity contribution is 5.88. The van der Waals surface area contributed by atoms with Gasteiger partial charge < -0.3 is 21.1 Å². The zero-order valence-corrected chi connectivity index (χ0v) is 9.31. The van der Waals surface area contributed by atoms with Crippen LogP contribution in [0.3, 0.4) is 0 Å². The van der Waals surface area contributed by atoms with E-state index in [0.29, 0.717) is 12.1 Å². The summed E-state index contributed by atoms with van der Waals surface area (Å²) in [5.74, 6) is -3.90. The largest absolute Gasteiger partial charge is 0.478 e. The lowest BCUT2D eigenvalue weighted by atomic mass is 9.99. The van der Waals surface area contributed by atoms with E-state index < -0.39 is 40.9 Å². The molecule has 100 valence electrons. The zero-order valence-electron chi connectivity index (χ0n) is 9.31. The number of halogens is 2. The quantitative estimate of drug-likeness (QED) is 0.614. The van der Waals surface area contributed by atoms with Crippen LogP contribution in [0.15, 0.2) is 12.1 Å². The molecule has 0 aliphatic carbocycles. The van der Waals surface area contributed by atoms with E-state index in [4.69, 9.17) is 10.8 Å². The third-order valence-electron chi connectivity index (χ3n) is 2.46. The first-order valence-corrected chi connectivity index (χ1v) is 5.17. The summed E-state index contributed by atoms with van der Waals surface area (Å²) < 4.78 is 26.8. The van der Waals surface area contributed by atoms with Gasteiger partial charge in [-0.05, 0) is 25.1 Å². The lowest BCUT2D eigenvalue weighted by Crippen LogP contribution is -2.23. The Labute approximate surface area is 101 Å². The molecule has 0 saturated carbocycles. The number of aromatic carboxylic acids is 1. The minimum absolute atomic E-state index is 0.00288. The summed E-state index contributed by atoms with van der Waals surface area (Å²) in [5.41, 5.74) is 3.82. The Balaban J connectivity index is 3.11. The third-order valence-corrected chi connectivity index (χ3v) is 2.46. The molecule has 0 saturated heterocycles. The molecular formula is C11H13F2NO4. The third kappa shape index (κ3) is 3.00. The van der Waals surface area contributed by atoms with Gasteiger partial charge in [-0.1, -0.05) is 0 Å². The standard InChI is InChI=1S/C11H13F2NO4/c12-7-4-6(11(17)18)8(13)3-5(7)10(16)9(15)1-2-14/h3-4,9-10,15-16H,1-2,14H2,(H,17,18). The van der Waals surface area contributed by atoms with Crippen molar-refractivity contribution in [2.75, 3.05) is 6.54 Å². The smallest absolute Gasteiger partial charge is 0.338 e. The number of hydrogen-bond donors (Lipinski definition) is 4. The van der Waals surface area contributed by atoms with Crippen molar-refractivity contribution in [2.45, 2.75) is 18.6 Å². The van der Waals surface area contributed by atoms with E-state index in [-0.39, 0.29) is 13.0 Å². The van der Waals surface area contributed by atoms with Crippen LogP contribution in [0.1, 0.15) is 28.4 Å². The molecule has 0 heterocycles.